The molecule has 124 valence electrons. The molecule has 5 heteroatoms. The van der Waals surface area contributed by atoms with Gasteiger partial charge in [-0.15, -0.1) is 0 Å². The Labute approximate surface area is 146 Å². The van der Waals surface area contributed by atoms with Gasteiger partial charge in [-0.2, -0.15) is 0 Å². The molecule has 0 saturated carbocycles. The lowest BCUT2D eigenvalue weighted by molar-refractivity contribution is 0.411. The zero-order chi connectivity index (χ0) is 17.3. The highest BCUT2D eigenvalue weighted by atomic mass is 32.1. The summed E-state index contributed by atoms with van der Waals surface area (Å²) in [4.78, 5) is 6.52. The number of nitrogens with one attached hydrogen (secondary N) is 2. The molecule has 0 bridgehead atoms. The normalized spacial score (nSPS) is 10.7. The predicted molar refractivity (Wildman–Crippen MR) is 99.4 cm³/mol. The summed E-state index contributed by atoms with van der Waals surface area (Å²) in [6.45, 7) is 4.06. The second-order valence-electron chi connectivity index (χ2n) is 5.70. The maximum absolute atomic E-state index is 5.34. The fourth-order valence-corrected chi connectivity index (χ4v) is 3.09. The van der Waals surface area contributed by atoms with Gasteiger partial charge in [-0.05, 0) is 73.6 Å². The fourth-order valence-electron chi connectivity index (χ4n) is 2.88. The third-order valence-corrected chi connectivity index (χ3v) is 4.30. The quantitative estimate of drug-likeness (QED) is 0.654. The maximum atomic E-state index is 5.34. The summed E-state index contributed by atoms with van der Waals surface area (Å²) in [6.07, 6.45) is 0. The van der Waals surface area contributed by atoms with Gasteiger partial charge in [0.1, 0.15) is 11.5 Å². The third kappa shape index (κ3) is 2.95. The van der Waals surface area contributed by atoms with E-state index in [0.29, 0.717) is 4.77 Å². The van der Waals surface area contributed by atoms with Gasteiger partial charge in [0.2, 0.25) is 0 Å². The third-order valence-electron chi connectivity index (χ3n) is 4.09. The van der Waals surface area contributed by atoms with E-state index in [2.05, 4.69) is 22.1 Å². The van der Waals surface area contributed by atoms with Crippen LogP contribution in [-0.2, 0) is 0 Å². The van der Waals surface area contributed by atoms with Crippen LogP contribution in [0.25, 0.3) is 22.5 Å². The minimum absolute atomic E-state index is 0.599. The van der Waals surface area contributed by atoms with Gasteiger partial charge in [-0.3, -0.25) is 0 Å². The molecule has 0 saturated heterocycles. The van der Waals surface area contributed by atoms with Crippen LogP contribution in [0, 0.1) is 18.6 Å². The summed E-state index contributed by atoms with van der Waals surface area (Å²) in [7, 11) is 3.36. The zero-order valence-corrected chi connectivity index (χ0v) is 15.0. The number of hydrogen-bond acceptors (Lipinski definition) is 3. The molecule has 24 heavy (non-hydrogen) atoms. The SMILES string of the molecule is COc1ccc(-c2[nH]c(=S)[nH]c2-c2ccc(OC)c(C)c2)cc1C. The molecule has 0 fully saturated rings. The summed E-state index contributed by atoms with van der Waals surface area (Å²) in [5.41, 5.74) is 6.21. The molecule has 3 rings (SSSR count). The molecule has 0 aliphatic heterocycles. The van der Waals surface area contributed by atoms with Crippen molar-refractivity contribution in [1.29, 1.82) is 0 Å². The standard InChI is InChI=1S/C19H20N2O2S/c1-11-9-13(5-7-15(11)22-3)17-18(21-19(24)20-17)14-6-8-16(23-4)12(2)10-14/h5-10H,1-4H3,(H2,20,21,24). The molecule has 0 amide bonds. The van der Waals surface area contributed by atoms with Gasteiger partial charge >= 0.3 is 0 Å². The molecule has 3 aromatic rings. The van der Waals surface area contributed by atoms with Crippen LogP contribution in [0.15, 0.2) is 36.4 Å². The molecule has 4 nitrogen and oxygen atoms in total. The first-order valence-electron chi connectivity index (χ1n) is 7.65. The minimum Gasteiger partial charge on any atom is -0.496 e. The molecular weight excluding hydrogens is 320 g/mol. The number of aryl methyl sites for hydroxylation is 2. The van der Waals surface area contributed by atoms with Crippen LogP contribution in [0.4, 0.5) is 0 Å². The molecule has 0 radical (unpaired) electrons. The molecule has 2 N–H and O–H groups in total. The minimum atomic E-state index is 0.599. The number of aromatic amines is 2. The number of benzene rings is 2. The van der Waals surface area contributed by atoms with E-state index >= 15 is 0 Å². The van der Waals surface area contributed by atoms with E-state index in [0.717, 1.165) is 45.1 Å². The fraction of sp³-hybridized carbons (Fsp3) is 0.211. The van der Waals surface area contributed by atoms with E-state index in [1.54, 1.807) is 14.2 Å². The average molecular weight is 340 g/mol. The van der Waals surface area contributed by atoms with Gasteiger partial charge in [0, 0.05) is 11.1 Å². The Kier molecular flexibility index (Phi) is 4.44. The lowest BCUT2D eigenvalue weighted by atomic mass is 10.0. The van der Waals surface area contributed by atoms with E-state index in [4.69, 9.17) is 21.7 Å². The Morgan fingerprint density at radius 1 is 0.750 bits per heavy atom. The molecule has 0 aliphatic carbocycles. The monoisotopic (exact) mass is 340 g/mol. The van der Waals surface area contributed by atoms with Crippen molar-refractivity contribution in [3.63, 3.8) is 0 Å². The van der Waals surface area contributed by atoms with E-state index < -0.39 is 0 Å². The van der Waals surface area contributed by atoms with E-state index in [-0.39, 0.29) is 0 Å². The van der Waals surface area contributed by atoms with Gasteiger partial charge in [-0.1, -0.05) is 0 Å². The Balaban J connectivity index is 2.13. The molecule has 1 heterocycles. The lowest BCUT2D eigenvalue weighted by Gasteiger charge is -2.10. The topological polar surface area (TPSA) is 50.0 Å². The number of ether oxygens (including phenoxy) is 2. The molecule has 2 aromatic carbocycles. The summed E-state index contributed by atoms with van der Waals surface area (Å²) in [6, 6.07) is 12.2. The molecule has 1 aromatic heterocycles. The second-order valence-corrected chi connectivity index (χ2v) is 6.11. The number of methoxy groups -OCH3 is 2. The molecule has 0 atom stereocenters. The zero-order valence-electron chi connectivity index (χ0n) is 14.2. The van der Waals surface area contributed by atoms with Crippen molar-refractivity contribution < 1.29 is 9.47 Å². The van der Waals surface area contributed by atoms with Crippen LogP contribution in [0.2, 0.25) is 0 Å². The van der Waals surface area contributed by atoms with Gasteiger partial charge in [0.15, 0.2) is 4.77 Å². The van der Waals surface area contributed by atoms with Crippen LogP contribution in [0.3, 0.4) is 0 Å². The summed E-state index contributed by atoms with van der Waals surface area (Å²) in [5.74, 6) is 1.74. The van der Waals surface area contributed by atoms with Crippen molar-refractivity contribution in [1.82, 2.24) is 9.97 Å². The smallest absolute Gasteiger partial charge is 0.175 e. The number of hydrogen-bond donors (Lipinski definition) is 2. The molecule has 0 unspecified atom stereocenters. The predicted octanol–water partition coefficient (Wildman–Crippen LogP) is 5.04. The van der Waals surface area contributed by atoms with Crippen molar-refractivity contribution in [3.05, 3.63) is 52.3 Å². The van der Waals surface area contributed by atoms with Gasteiger partial charge in [0.05, 0.1) is 25.6 Å². The Morgan fingerprint density at radius 2 is 1.17 bits per heavy atom. The van der Waals surface area contributed by atoms with E-state index in [9.17, 15) is 0 Å². The first-order valence-corrected chi connectivity index (χ1v) is 8.06. The van der Waals surface area contributed by atoms with Crippen LogP contribution in [-0.4, -0.2) is 24.2 Å². The number of rotatable bonds is 4. The highest BCUT2D eigenvalue weighted by molar-refractivity contribution is 7.71. The number of imidazole rings is 1. The molecule has 0 aliphatic rings. The Morgan fingerprint density at radius 3 is 1.50 bits per heavy atom. The highest BCUT2D eigenvalue weighted by Gasteiger charge is 2.13. The van der Waals surface area contributed by atoms with Gasteiger partial charge < -0.3 is 19.4 Å². The number of H-pyrrole nitrogens is 2. The van der Waals surface area contributed by atoms with Crippen molar-refractivity contribution in [3.8, 4) is 34.0 Å². The number of aromatic nitrogens is 2. The summed E-state index contributed by atoms with van der Waals surface area (Å²) in [5, 5.41) is 0. The van der Waals surface area contributed by atoms with Crippen molar-refractivity contribution in [2.45, 2.75) is 13.8 Å². The largest absolute Gasteiger partial charge is 0.496 e. The van der Waals surface area contributed by atoms with Crippen LogP contribution >= 0.6 is 12.2 Å². The average Bonchev–Trinajstić information content (AvgIpc) is 2.96. The summed E-state index contributed by atoms with van der Waals surface area (Å²) >= 11 is 5.32. The second kappa shape index (κ2) is 6.53. The summed E-state index contributed by atoms with van der Waals surface area (Å²) < 4.78 is 11.3. The molecular formula is C19H20N2O2S. The first kappa shape index (κ1) is 16.3. The van der Waals surface area contributed by atoms with E-state index in [1.165, 1.54) is 0 Å². The first-order chi connectivity index (χ1) is 11.5. The highest BCUT2D eigenvalue weighted by Crippen LogP contribution is 2.33. The Bertz CT molecular complexity index is 867. The van der Waals surface area contributed by atoms with Gasteiger partial charge in [0.25, 0.3) is 0 Å². The Hall–Kier alpha value is -2.53. The lowest BCUT2D eigenvalue weighted by Crippen LogP contribution is -1.91. The van der Waals surface area contributed by atoms with Crippen molar-refractivity contribution in [2.24, 2.45) is 0 Å². The van der Waals surface area contributed by atoms with Gasteiger partial charge in [-0.25, -0.2) is 0 Å². The van der Waals surface area contributed by atoms with Crippen LogP contribution < -0.4 is 9.47 Å². The van der Waals surface area contributed by atoms with Crippen LogP contribution in [0.1, 0.15) is 11.1 Å². The van der Waals surface area contributed by atoms with Crippen molar-refractivity contribution >= 4 is 12.2 Å². The van der Waals surface area contributed by atoms with E-state index in [1.807, 2.05) is 38.1 Å². The van der Waals surface area contributed by atoms with Crippen LogP contribution in [0.5, 0.6) is 11.5 Å². The molecule has 0 spiro atoms. The van der Waals surface area contributed by atoms with Crippen molar-refractivity contribution in [2.75, 3.05) is 14.2 Å². The maximum Gasteiger partial charge on any atom is 0.175 e.